The van der Waals surface area contributed by atoms with Crippen molar-refractivity contribution in [1.29, 1.82) is 0 Å². The molecule has 3 nitrogen and oxygen atoms in total. The molecule has 0 atom stereocenters. The Morgan fingerprint density at radius 2 is 1.45 bits per heavy atom. The summed E-state index contributed by atoms with van der Waals surface area (Å²) >= 11 is 0. The zero-order valence-corrected chi connectivity index (χ0v) is 16.7. The molecule has 0 heterocycles. The van der Waals surface area contributed by atoms with Gasteiger partial charge in [0.05, 0.1) is 5.69 Å². The fourth-order valence-electron chi connectivity index (χ4n) is 4.08. The van der Waals surface area contributed by atoms with E-state index in [2.05, 4.69) is 31.2 Å². The van der Waals surface area contributed by atoms with E-state index in [0.717, 1.165) is 17.0 Å². The first-order valence-electron chi connectivity index (χ1n) is 10.2. The zero-order chi connectivity index (χ0) is 20.4. The standard InChI is InChI=1S/C25H27FN2O/c1-16-2-4-17(5-3-16)18-6-8-19(9-7-18)20-10-12-24(22(26)14-20)29-25-13-11-21(27)15-23(25)28/h6-17H,2-5,27-28H2,1H3. The van der Waals surface area contributed by atoms with Crippen molar-refractivity contribution in [2.24, 2.45) is 5.92 Å². The van der Waals surface area contributed by atoms with Crippen LogP contribution in [0.2, 0.25) is 0 Å². The number of halogens is 1. The number of hydrogen-bond donors (Lipinski definition) is 2. The molecule has 1 aliphatic carbocycles. The number of nitrogens with two attached hydrogens (primary N) is 2. The van der Waals surface area contributed by atoms with E-state index in [9.17, 15) is 4.39 Å². The van der Waals surface area contributed by atoms with Crippen LogP contribution in [0.5, 0.6) is 11.5 Å². The molecule has 1 fully saturated rings. The molecule has 29 heavy (non-hydrogen) atoms. The van der Waals surface area contributed by atoms with Gasteiger partial charge in [0.15, 0.2) is 17.3 Å². The second kappa shape index (κ2) is 8.16. The van der Waals surface area contributed by atoms with Crippen molar-refractivity contribution in [2.45, 2.75) is 38.5 Å². The van der Waals surface area contributed by atoms with E-state index in [1.54, 1.807) is 24.3 Å². The minimum Gasteiger partial charge on any atom is -0.452 e. The molecule has 0 aromatic heterocycles. The Morgan fingerprint density at radius 1 is 0.793 bits per heavy atom. The second-order valence-electron chi connectivity index (χ2n) is 8.12. The first-order chi connectivity index (χ1) is 14.0. The van der Waals surface area contributed by atoms with Gasteiger partial charge in [-0.3, -0.25) is 0 Å². The Morgan fingerprint density at radius 3 is 2.10 bits per heavy atom. The van der Waals surface area contributed by atoms with Crippen molar-refractivity contribution in [3.05, 3.63) is 72.0 Å². The molecule has 3 aromatic rings. The highest BCUT2D eigenvalue weighted by Crippen LogP contribution is 2.37. The van der Waals surface area contributed by atoms with E-state index in [0.29, 0.717) is 23.0 Å². The molecule has 0 spiro atoms. The van der Waals surface area contributed by atoms with Gasteiger partial charge in [0.25, 0.3) is 0 Å². The quantitative estimate of drug-likeness (QED) is 0.485. The second-order valence-corrected chi connectivity index (χ2v) is 8.12. The molecule has 4 heteroatoms. The van der Waals surface area contributed by atoms with E-state index in [1.165, 1.54) is 37.3 Å². The number of nitrogen functional groups attached to an aromatic ring is 2. The summed E-state index contributed by atoms with van der Waals surface area (Å²) in [4.78, 5) is 0. The van der Waals surface area contributed by atoms with Crippen LogP contribution in [0, 0.1) is 11.7 Å². The lowest BCUT2D eigenvalue weighted by Crippen LogP contribution is -2.10. The summed E-state index contributed by atoms with van der Waals surface area (Å²) in [5.74, 6) is 1.59. The molecule has 4 rings (SSSR count). The Hall–Kier alpha value is -3.01. The molecule has 3 aromatic carbocycles. The van der Waals surface area contributed by atoms with E-state index < -0.39 is 5.82 Å². The first kappa shape index (κ1) is 19.3. The van der Waals surface area contributed by atoms with Gasteiger partial charge >= 0.3 is 0 Å². The van der Waals surface area contributed by atoms with Crippen molar-refractivity contribution in [1.82, 2.24) is 0 Å². The molecule has 0 aliphatic heterocycles. The minimum absolute atomic E-state index is 0.137. The molecule has 1 aliphatic rings. The van der Waals surface area contributed by atoms with Crippen LogP contribution >= 0.6 is 0 Å². The van der Waals surface area contributed by atoms with Crippen molar-refractivity contribution >= 4 is 11.4 Å². The zero-order valence-electron chi connectivity index (χ0n) is 16.7. The summed E-state index contributed by atoms with van der Waals surface area (Å²) in [5, 5.41) is 0. The lowest BCUT2D eigenvalue weighted by molar-refractivity contribution is 0.348. The molecule has 0 saturated heterocycles. The predicted molar refractivity (Wildman–Crippen MR) is 118 cm³/mol. The van der Waals surface area contributed by atoms with Gasteiger partial charge in [-0.15, -0.1) is 0 Å². The largest absolute Gasteiger partial charge is 0.452 e. The summed E-state index contributed by atoms with van der Waals surface area (Å²) in [7, 11) is 0. The Balaban J connectivity index is 1.50. The lowest BCUT2D eigenvalue weighted by Gasteiger charge is -2.26. The summed E-state index contributed by atoms with van der Waals surface area (Å²) in [5.41, 5.74) is 15.7. The van der Waals surface area contributed by atoms with Crippen LogP contribution in [0.3, 0.4) is 0 Å². The molecule has 150 valence electrons. The summed E-state index contributed by atoms with van der Waals surface area (Å²) in [6, 6.07) is 18.5. The SMILES string of the molecule is CC1CCC(c2ccc(-c3ccc(Oc4ccc(N)cc4N)c(F)c3)cc2)CC1. The highest BCUT2D eigenvalue weighted by Gasteiger charge is 2.19. The fourth-order valence-corrected chi connectivity index (χ4v) is 4.08. The third-order valence-corrected chi connectivity index (χ3v) is 5.92. The van der Waals surface area contributed by atoms with Crippen LogP contribution in [0.4, 0.5) is 15.8 Å². The Kier molecular flexibility index (Phi) is 5.43. The number of ether oxygens (including phenoxy) is 1. The van der Waals surface area contributed by atoms with Gasteiger partial charge in [-0.2, -0.15) is 0 Å². The summed E-state index contributed by atoms with van der Waals surface area (Å²) < 4.78 is 20.3. The Labute approximate surface area is 171 Å². The third-order valence-electron chi connectivity index (χ3n) is 5.92. The average Bonchev–Trinajstić information content (AvgIpc) is 2.72. The van der Waals surface area contributed by atoms with Crippen LogP contribution in [0.1, 0.15) is 44.1 Å². The van der Waals surface area contributed by atoms with Gasteiger partial charge in [0, 0.05) is 5.69 Å². The monoisotopic (exact) mass is 390 g/mol. The van der Waals surface area contributed by atoms with Gasteiger partial charge in [0.2, 0.25) is 0 Å². The maximum Gasteiger partial charge on any atom is 0.166 e. The molecule has 0 amide bonds. The minimum atomic E-state index is -0.427. The normalized spacial score (nSPS) is 19.1. The average molecular weight is 391 g/mol. The highest BCUT2D eigenvalue weighted by atomic mass is 19.1. The number of anilines is 2. The molecular weight excluding hydrogens is 363 g/mol. The van der Waals surface area contributed by atoms with Crippen molar-refractivity contribution in [2.75, 3.05) is 11.5 Å². The van der Waals surface area contributed by atoms with E-state index in [4.69, 9.17) is 16.2 Å². The van der Waals surface area contributed by atoms with Crippen molar-refractivity contribution < 1.29 is 9.13 Å². The Bertz CT molecular complexity index is 992. The van der Waals surface area contributed by atoms with Crippen LogP contribution in [-0.2, 0) is 0 Å². The van der Waals surface area contributed by atoms with Crippen LogP contribution in [0.15, 0.2) is 60.7 Å². The molecular formula is C25H27FN2O. The van der Waals surface area contributed by atoms with Crippen LogP contribution in [-0.4, -0.2) is 0 Å². The fraction of sp³-hybridized carbons (Fsp3) is 0.280. The smallest absolute Gasteiger partial charge is 0.166 e. The van der Waals surface area contributed by atoms with E-state index in [-0.39, 0.29) is 5.75 Å². The number of benzene rings is 3. The molecule has 0 radical (unpaired) electrons. The van der Waals surface area contributed by atoms with Crippen LogP contribution < -0.4 is 16.2 Å². The van der Waals surface area contributed by atoms with E-state index >= 15 is 0 Å². The van der Waals surface area contributed by atoms with Gasteiger partial charge in [-0.1, -0.05) is 50.1 Å². The molecule has 0 unspecified atom stereocenters. The molecule has 4 N–H and O–H groups in total. The topological polar surface area (TPSA) is 61.3 Å². The highest BCUT2D eigenvalue weighted by molar-refractivity contribution is 5.66. The third kappa shape index (κ3) is 4.37. The van der Waals surface area contributed by atoms with Crippen LogP contribution in [0.25, 0.3) is 11.1 Å². The van der Waals surface area contributed by atoms with Gasteiger partial charge in [-0.05, 0) is 71.7 Å². The van der Waals surface area contributed by atoms with Gasteiger partial charge in [0.1, 0.15) is 0 Å². The van der Waals surface area contributed by atoms with Gasteiger partial charge < -0.3 is 16.2 Å². The maximum atomic E-state index is 14.6. The van der Waals surface area contributed by atoms with E-state index in [1.807, 2.05) is 6.07 Å². The summed E-state index contributed by atoms with van der Waals surface area (Å²) in [6.45, 7) is 2.34. The molecule has 0 bridgehead atoms. The predicted octanol–water partition coefficient (Wildman–Crippen LogP) is 6.74. The number of rotatable bonds is 4. The van der Waals surface area contributed by atoms with Crippen molar-refractivity contribution in [3.8, 4) is 22.6 Å². The van der Waals surface area contributed by atoms with Gasteiger partial charge in [-0.25, -0.2) is 4.39 Å². The summed E-state index contributed by atoms with van der Waals surface area (Å²) in [6.07, 6.45) is 5.13. The maximum absolute atomic E-state index is 14.6. The molecule has 1 saturated carbocycles. The van der Waals surface area contributed by atoms with Crippen molar-refractivity contribution in [3.63, 3.8) is 0 Å². The first-order valence-corrected chi connectivity index (χ1v) is 10.2. The lowest BCUT2D eigenvalue weighted by atomic mass is 9.79. The number of hydrogen-bond acceptors (Lipinski definition) is 3.